The highest BCUT2D eigenvalue weighted by atomic mass is 32.2. The highest BCUT2D eigenvalue weighted by Gasteiger charge is 2.51. The number of imidazole rings is 1. The number of carbonyl (C=O) groups excluding carboxylic acids is 1. The summed E-state index contributed by atoms with van der Waals surface area (Å²) in [6.45, 7) is 8.27. The Morgan fingerprint density at radius 1 is 1.14 bits per heavy atom. The fourth-order valence-electron chi connectivity index (χ4n) is 6.56. The lowest BCUT2D eigenvalue weighted by Gasteiger charge is -2.39. The Morgan fingerprint density at radius 3 is 2.60 bits per heavy atom. The van der Waals surface area contributed by atoms with Crippen molar-refractivity contribution in [2.24, 2.45) is 10.8 Å². The van der Waals surface area contributed by atoms with Crippen molar-refractivity contribution < 1.29 is 13.2 Å². The van der Waals surface area contributed by atoms with E-state index in [2.05, 4.69) is 42.6 Å². The van der Waals surface area contributed by atoms with Crippen LogP contribution in [0.1, 0.15) is 56.0 Å². The lowest BCUT2D eigenvalue weighted by Crippen LogP contribution is -2.38. The van der Waals surface area contributed by atoms with E-state index < -0.39 is 10.0 Å². The van der Waals surface area contributed by atoms with Crippen LogP contribution >= 0.6 is 0 Å². The topological polar surface area (TPSA) is 84.3 Å². The zero-order valence-corrected chi connectivity index (χ0v) is 21.7. The monoisotopic (exact) mass is 494 g/mol. The molecular weight excluding hydrogens is 460 g/mol. The predicted molar refractivity (Wildman–Crippen MR) is 139 cm³/mol. The van der Waals surface area contributed by atoms with Crippen LogP contribution in [0.3, 0.4) is 0 Å². The van der Waals surface area contributed by atoms with Crippen molar-refractivity contribution in [3.63, 3.8) is 0 Å². The number of rotatable bonds is 6. The van der Waals surface area contributed by atoms with Gasteiger partial charge in [-0.25, -0.2) is 13.4 Å². The molecule has 8 heteroatoms. The van der Waals surface area contributed by atoms with Gasteiger partial charge in [-0.2, -0.15) is 0 Å². The Morgan fingerprint density at radius 2 is 1.89 bits per heavy atom. The molecule has 35 heavy (non-hydrogen) atoms. The van der Waals surface area contributed by atoms with E-state index in [1.54, 1.807) is 18.5 Å². The maximum Gasteiger partial charge on any atom is 0.256 e. The van der Waals surface area contributed by atoms with Crippen molar-refractivity contribution in [3.8, 4) is 0 Å². The second-order valence-corrected chi connectivity index (χ2v) is 13.3. The molecule has 1 aliphatic heterocycles. The number of benzene rings is 2. The van der Waals surface area contributed by atoms with Gasteiger partial charge in [0.05, 0.1) is 34.9 Å². The van der Waals surface area contributed by atoms with Crippen LogP contribution in [0.4, 0.5) is 5.69 Å². The fraction of sp³-hybridized carbons (Fsp3) is 0.481. The molecule has 2 aromatic carbocycles. The normalized spacial score (nSPS) is 23.5. The van der Waals surface area contributed by atoms with Crippen LogP contribution in [0, 0.1) is 10.8 Å². The molecule has 3 aromatic rings. The number of amides is 1. The van der Waals surface area contributed by atoms with E-state index >= 15 is 0 Å². The second kappa shape index (κ2) is 8.36. The molecule has 2 fully saturated rings. The average Bonchev–Trinajstić information content (AvgIpc) is 3.27. The minimum atomic E-state index is -3.50. The summed E-state index contributed by atoms with van der Waals surface area (Å²) >= 11 is 0. The molecule has 1 N–H and O–H groups in total. The molecule has 2 unspecified atom stereocenters. The van der Waals surface area contributed by atoms with E-state index in [0.717, 1.165) is 44.0 Å². The predicted octanol–water partition coefficient (Wildman–Crippen LogP) is 4.69. The number of nitrogens with one attached hydrogen (secondary N) is 1. The van der Waals surface area contributed by atoms with Crippen LogP contribution in [-0.4, -0.2) is 47.6 Å². The number of hydrogen-bond donors (Lipinski definition) is 1. The van der Waals surface area contributed by atoms with Crippen LogP contribution in [0.15, 0.2) is 48.8 Å². The van der Waals surface area contributed by atoms with E-state index in [1.165, 1.54) is 5.56 Å². The number of aryl methyl sites for hydroxylation is 2. The van der Waals surface area contributed by atoms with Crippen molar-refractivity contribution in [1.82, 2.24) is 14.5 Å². The summed E-state index contributed by atoms with van der Waals surface area (Å²) in [4.78, 5) is 20.7. The van der Waals surface area contributed by atoms with Crippen LogP contribution in [0.5, 0.6) is 0 Å². The van der Waals surface area contributed by atoms with Gasteiger partial charge in [0.15, 0.2) is 0 Å². The van der Waals surface area contributed by atoms with Crippen molar-refractivity contribution >= 4 is 32.7 Å². The summed E-state index contributed by atoms with van der Waals surface area (Å²) in [6.07, 6.45) is 6.76. The van der Waals surface area contributed by atoms with Crippen molar-refractivity contribution in [3.05, 3.63) is 59.9 Å². The largest absolute Gasteiger partial charge is 0.335 e. The number of sulfonamides is 1. The molecule has 1 saturated heterocycles. The van der Waals surface area contributed by atoms with Crippen molar-refractivity contribution in [2.45, 2.75) is 59.0 Å². The summed E-state index contributed by atoms with van der Waals surface area (Å²) in [5.41, 5.74) is 3.76. The fourth-order valence-corrected chi connectivity index (χ4v) is 7.11. The van der Waals surface area contributed by atoms with Gasteiger partial charge in [0.25, 0.3) is 5.91 Å². The molecular formula is C27H34N4O3S. The van der Waals surface area contributed by atoms with E-state index in [0.29, 0.717) is 23.3 Å². The smallest absolute Gasteiger partial charge is 0.256 e. The van der Waals surface area contributed by atoms with Gasteiger partial charge in [0, 0.05) is 19.1 Å². The van der Waals surface area contributed by atoms with E-state index in [-0.39, 0.29) is 22.8 Å². The first-order valence-corrected chi connectivity index (χ1v) is 14.1. The minimum absolute atomic E-state index is 0.0416. The standard InChI is InChI=1S/C27H34N4O3S/c1-26(2)14-21-15-27(3,16-26)17-31(21)25(32)22-12-20(29-35(4,33)34)13-23-24(22)30(18-28-23)11-10-19-8-6-5-7-9-19/h5-9,12-13,18,21,29H,10-11,14-17H2,1-4H3. The Labute approximate surface area is 207 Å². The van der Waals surface area contributed by atoms with Crippen molar-refractivity contribution in [1.29, 1.82) is 0 Å². The average molecular weight is 495 g/mol. The molecule has 2 aliphatic rings. The first kappa shape index (κ1) is 23.9. The van der Waals surface area contributed by atoms with Crippen LogP contribution in [0.25, 0.3) is 11.0 Å². The molecule has 5 rings (SSSR count). The van der Waals surface area contributed by atoms with Crippen LogP contribution < -0.4 is 4.72 Å². The van der Waals surface area contributed by atoms with Crippen LogP contribution in [-0.2, 0) is 23.0 Å². The first-order chi connectivity index (χ1) is 16.4. The molecule has 1 saturated carbocycles. The molecule has 2 heterocycles. The van der Waals surface area contributed by atoms with E-state index in [9.17, 15) is 13.2 Å². The number of likely N-dealkylation sites (tertiary alicyclic amines) is 1. The molecule has 0 radical (unpaired) electrons. The zero-order valence-electron chi connectivity index (χ0n) is 20.9. The second-order valence-electron chi connectivity index (χ2n) is 11.6. The van der Waals surface area contributed by atoms with Crippen LogP contribution in [0.2, 0.25) is 0 Å². The van der Waals surface area contributed by atoms with Gasteiger partial charge >= 0.3 is 0 Å². The SMILES string of the molecule is CC1(C)CC2CC(C)(CN2C(=O)c2cc(NS(C)(=O)=O)cc3ncn(CCc4ccccc4)c23)C1. The first-order valence-electron chi connectivity index (χ1n) is 12.2. The van der Waals surface area contributed by atoms with E-state index in [4.69, 9.17) is 0 Å². The molecule has 1 amide bonds. The quantitative estimate of drug-likeness (QED) is 0.539. The molecule has 186 valence electrons. The lowest BCUT2D eigenvalue weighted by atomic mass is 9.65. The molecule has 2 atom stereocenters. The number of hydrogen-bond acceptors (Lipinski definition) is 4. The number of carbonyl (C=O) groups is 1. The van der Waals surface area contributed by atoms with Gasteiger partial charge in [-0.15, -0.1) is 0 Å². The van der Waals surface area contributed by atoms with E-state index in [1.807, 2.05) is 27.7 Å². The third-order valence-electron chi connectivity index (χ3n) is 7.41. The lowest BCUT2D eigenvalue weighted by molar-refractivity contribution is 0.0709. The summed E-state index contributed by atoms with van der Waals surface area (Å²) in [5, 5.41) is 0. The summed E-state index contributed by atoms with van der Waals surface area (Å²) in [7, 11) is -3.50. The zero-order chi connectivity index (χ0) is 25.0. The van der Waals surface area contributed by atoms with Gasteiger partial charge in [-0.1, -0.05) is 51.1 Å². The summed E-state index contributed by atoms with van der Waals surface area (Å²) < 4.78 is 28.5. The van der Waals surface area contributed by atoms with Crippen molar-refractivity contribution in [2.75, 3.05) is 17.5 Å². The third-order valence-corrected chi connectivity index (χ3v) is 8.01. The Bertz CT molecular complexity index is 1380. The van der Waals surface area contributed by atoms with Gasteiger partial charge in [0.1, 0.15) is 0 Å². The molecule has 0 spiro atoms. The molecule has 7 nitrogen and oxygen atoms in total. The highest BCUT2D eigenvalue weighted by Crippen LogP contribution is 2.52. The number of anilines is 1. The third kappa shape index (κ3) is 4.94. The number of nitrogens with zero attached hydrogens (tertiary/aromatic N) is 3. The Hall–Kier alpha value is -2.87. The van der Waals surface area contributed by atoms with Gasteiger partial charge in [-0.05, 0) is 54.2 Å². The number of fused-ring (bicyclic) bond motifs is 3. The summed E-state index contributed by atoms with van der Waals surface area (Å²) in [6, 6.07) is 13.8. The maximum absolute atomic E-state index is 14.1. The van der Waals surface area contributed by atoms with Gasteiger partial charge in [-0.3, -0.25) is 9.52 Å². The highest BCUT2D eigenvalue weighted by molar-refractivity contribution is 7.92. The summed E-state index contributed by atoms with van der Waals surface area (Å²) in [5.74, 6) is -0.0416. The minimum Gasteiger partial charge on any atom is -0.335 e. The Balaban J connectivity index is 1.55. The number of aromatic nitrogens is 2. The van der Waals surface area contributed by atoms with Gasteiger partial charge < -0.3 is 9.47 Å². The Kier molecular flexibility index (Phi) is 5.70. The maximum atomic E-state index is 14.1. The molecule has 1 aromatic heterocycles. The van der Waals surface area contributed by atoms with Gasteiger partial charge in [0.2, 0.25) is 10.0 Å². The molecule has 1 aliphatic carbocycles. The molecule has 2 bridgehead atoms.